The zero-order valence-electron chi connectivity index (χ0n) is 5.74. The molecule has 1 aromatic heterocycles. The molecule has 0 atom stereocenters. The number of alkyl halides is 3. The molecule has 0 unspecified atom stereocenters. The zero-order chi connectivity index (χ0) is 9.35. The Labute approximate surface area is 74.7 Å². The minimum atomic E-state index is -4.37. The average Bonchev–Trinajstić information content (AvgIpc) is 1.92. The Balaban J connectivity index is 3.23. The number of H-pyrrole nitrogens is 1. The van der Waals surface area contributed by atoms with Crippen LogP contribution in [-0.4, -0.2) is 0 Å². The summed E-state index contributed by atoms with van der Waals surface area (Å²) in [4.78, 5) is 2.44. The second kappa shape index (κ2) is 2.93. The summed E-state index contributed by atoms with van der Waals surface area (Å²) in [5.41, 5.74) is 4.37. The molecule has 2 nitrogen and oxygen atoms in total. The summed E-state index contributed by atoms with van der Waals surface area (Å²) in [6, 6.07) is 0.837. The number of nitrogens with two attached hydrogens (primary N) is 1. The SMILES string of the molecule is Nc1cc(C(F)(F)F)c(Br)c[nH+]1. The van der Waals surface area contributed by atoms with Crippen molar-refractivity contribution in [1.29, 1.82) is 0 Å². The molecule has 6 heteroatoms. The number of pyridine rings is 1. The van der Waals surface area contributed by atoms with E-state index in [0.29, 0.717) is 0 Å². The third-order valence-electron chi connectivity index (χ3n) is 1.23. The van der Waals surface area contributed by atoms with Gasteiger partial charge in [0, 0.05) is 6.07 Å². The van der Waals surface area contributed by atoms with E-state index < -0.39 is 11.7 Å². The molecule has 1 rings (SSSR count). The summed E-state index contributed by atoms with van der Waals surface area (Å²) < 4.78 is 36.3. The monoisotopic (exact) mass is 241 g/mol. The largest absolute Gasteiger partial charge is 0.417 e. The van der Waals surface area contributed by atoms with Crippen LogP contribution in [0.3, 0.4) is 0 Å². The van der Waals surface area contributed by atoms with E-state index in [4.69, 9.17) is 5.73 Å². The molecule has 0 fully saturated rings. The van der Waals surface area contributed by atoms with Gasteiger partial charge in [0.25, 0.3) is 5.82 Å². The second-order valence-electron chi connectivity index (χ2n) is 2.15. The van der Waals surface area contributed by atoms with Crippen LogP contribution in [0.15, 0.2) is 16.7 Å². The van der Waals surface area contributed by atoms with Crippen LogP contribution >= 0.6 is 15.9 Å². The first-order chi connectivity index (χ1) is 5.41. The Morgan fingerprint density at radius 3 is 2.42 bits per heavy atom. The summed E-state index contributed by atoms with van der Waals surface area (Å²) in [6.07, 6.45) is -3.22. The van der Waals surface area contributed by atoms with Crippen molar-refractivity contribution in [2.75, 3.05) is 5.73 Å². The molecular formula is C6H5BrF3N2+. The van der Waals surface area contributed by atoms with Gasteiger partial charge in [-0.3, -0.25) is 5.73 Å². The van der Waals surface area contributed by atoms with E-state index in [0.717, 1.165) is 12.3 Å². The Hall–Kier alpha value is -0.780. The lowest BCUT2D eigenvalue weighted by atomic mass is 10.2. The number of hydrogen-bond acceptors (Lipinski definition) is 1. The van der Waals surface area contributed by atoms with Crippen LogP contribution in [0.25, 0.3) is 0 Å². The maximum atomic E-state index is 12.1. The first kappa shape index (κ1) is 9.31. The van der Waals surface area contributed by atoms with Gasteiger partial charge < -0.3 is 0 Å². The van der Waals surface area contributed by atoms with Gasteiger partial charge in [-0.15, -0.1) is 0 Å². The number of halogens is 4. The lowest BCUT2D eigenvalue weighted by molar-refractivity contribution is -0.362. The Bertz CT molecular complexity index is 297. The van der Waals surface area contributed by atoms with Crippen LogP contribution in [0, 0.1) is 0 Å². The van der Waals surface area contributed by atoms with Gasteiger partial charge >= 0.3 is 6.18 Å². The van der Waals surface area contributed by atoms with Crippen LogP contribution in [0.4, 0.5) is 19.0 Å². The molecule has 0 saturated heterocycles. The van der Waals surface area contributed by atoms with Gasteiger partial charge in [-0.25, -0.2) is 4.98 Å². The highest BCUT2D eigenvalue weighted by molar-refractivity contribution is 9.10. The number of rotatable bonds is 0. The Morgan fingerprint density at radius 2 is 2.00 bits per heavy atom. The Morgan fingerprint density at radius 1 is 1.42 bits per heavy atom. The maximum Gasteiger partial charge on any atom is 0.417 e. The summed E-state index contributed by atoms with van der Waals surface area (Å²) in [7, 11) is 0. The Kier molecular flexibility index (Phi) is 2.27. The van der Waals surface area contributed by atoms with Gasteiger partial charge in [0.05, 0.1) is 10.0 Å². The van der Waals surface area contributed by atoms with E-state index in [-0.39, 0.29) is 10.3 Å². The van der Waals surface area contributed by atoms with E-state index >= 15 is 0 Å². The van der Waals surface area contributed by atoms with E-state index in [1.165, 1.54) is 0 Å². The topological polar surface area (TPSA) is 40.2 Å². The normalized spacial score (nSPS) is 11.7. The highest BCUT2D eigenvalue weighted by atomic mass is 79.9. The lowest BCUT2D eigenvalue weighted by Gasteiger charge is -2.06. The summed E-state index contributed by atoms with van der Waals surface area (Å²) in [6.45, 7) is 0. The summed E-state index contributed by atoms with van der Waals surface area (Å²) in [5, 5.41) is 0. The molecule has 0 spiro atoms. The standard InChI is InChI=1S/C6H4BrF3N2/c7-4-2-12-5(11)1-3(4)6(8,9)10/h1-2H,(H2,11,12)/p+1. The predicted octanol–water partition coefficient (Wildman–Crippen LogP) is 1.86. The summed E-state index contributed by atoms with van der Waals surface area (Å²) >= 11 is 2.76. The molecule has 0 radical (unpaired) electrons. The molecule has 0 aliphatic carbocycles. The number of hydrogen-bond donors (Lipinski definition) is 1. The molecule has 0 amide bonds. The number of nitrogen functional groups attached to an aromatic ring is 1. The van der Waals surface area contributed by atoms with Crippen LogP contribution < -0.4 is 10.7 Å². The zero-order valence-corrected chi connectivity index (χ0v) is 7.33. The molecule has 12 heavy (non-hydrogen) atoms. The number of aromatic amines is 1. The van der Waals surface area contributed by atoms with Gasteiger partial charge in [-0.2, -0.15) is 13.2 Å². The van der Waals surface area contributed by atoms with Gasteiger partial charge in [-0.05, 0) is 15.9 Å². The maximum absolute atomic E-state index is 12.1. The minimum Gasteiger partial charge on any atom is -0.287 e. The smallest absolute Gasteiger partial charge is 0.287 e. The van der Waals surface area contributed by atoms with Crippen molar-refractivity contribution in [3.63, 3.8) is 0 Å². The highest BCUT2D eigenvalue weighted by Crippen LogP contribution is 2.34. The quantitative estimate of drug-likeness (QED) is 0.741. The van der Waals surface area contributed by atoms with Crippen LogP contribution in [0.2, 0.25) is 0 Å². The van der Waals surface area contributed by atoms with Crippen LogP contribution in [-0.2, 0) is 6.18 Å². The van der Waals surface area contributed by atoms with Gasteiger partial charge in [-0.1, -0.05) is 0 Å². The molecular weight excluding hydrogens is 237 g/mol. The van der Waals surface area contributed by atoms with Crippen molar-refractivity contribution in [3.05, 3.63) is 22.3 Å². The van der Waals surface area contributed by atoms with Gasteiger partial charge in [0.15, 0.2) is 0 Å². The van der Waals surface area contributed by atoms with Crippen molar-refractivity contribution in [3.8, 4) is 0 Å². The predicted molar refractivity (Wildman–Crippen MR) is 40.1 cm³/mol. The molecule has 0 aliphatic rings. The average molecular weight is 242 g/mol. The van der Waals surface area contributed by atoms with E-state index in [2.05, 4.69) is 20.9 Å². The van der Waals surface area contributed by atoms with Crippen molar-refractivity contribution >= 4 is 21.7 Å². The molecule has 0 saturated carbocycles. The van der Waals surface area contributed by atoms with Gasteiger partial charge in [0.1, 0.15) is 6.20 Å². The fourth-order valence-corrected chi connectivity index (χ4v) is 1.16. The molecule has 0 bridgehead atoms. The van der Waals surface area contributed by atoms with Crippen molar-refractivity contribution in [2.45, 2.75) is 6.18 Å². The van der Waals surface area contributed by atoms with Crippen LogP contribution in [0.1, 0.15) is 5.56 Å². The highest BCUT2D eigenvalue weighted by Gasteiger charge is 2.34. The third-order valence-corrected chi connectivity index (χ3v) is 1.88. The molecule has 1 heterocycles. The first-order valence-corrected chi connectivity index (χ1v) is 3.74. The van der Waals surface area contributed by atoms with Crippen molar-refractivity contribution in [2.24, 2.45) is 0 Å². The molecule has 66 valence electrons. The fraction of sp³-hybridized carbons (Fsp3) is 0.167. The lowest BCUT2D eigenvalue weighted by Crippen LogP contribution is -2.15. The molecule has 3 N–H and O–H groups in total. The van der Waals surface area contributed by atoms with E-state index in [9.17, 15) is 13.2 Å². The van der Waals surface area contributed by atoms with Crippen LogP contribution in [0.5, 0.6) is 0 Å². The van der Waals surface area contributed by atoms with E-state index in [1.54, 1.807) is 0 Å². The fourth-order valence-electron chi connectivity index (χ4n) is 0.708. The third kappa shape index (κ3) is 1.88. The molecule has 1 aromatic rings. The first-order valence-electron chi connectivity index (χ1n) is 2.95. The van der Waals surface area contributed by atoms with E-state index in [1.807, 2.05) is 0 Å². The number of nitrogens with one attached hydrogen (secondary N) is 1. The van der Waals surface area contributed by atoms with Crippen molar-refractivity contribution in [1.82, 2.24) is 0 Å². The molecule has 0 aliphatic heterocycles. The number of anilines is 1. The number of aromatic nitrogens is 1. The minimum absolute atomic E-state index is 0.0227. The molecule has 0 aromatic carbocycles. The summed E-state index contributed by atoms with van der Waals surface area (Å²) in [5.74, 6) is -0.0227. The van der Waals surface area contributed by atoms with Gasteiger partial charge in [0.2, 0.25) is 0 Å². The second-order valence-corrected chi connectivity index (χ2v) is 3.00. The van der Waals surface area contributed by atoms with Crippen molar-refractivity contribution < 1.29 is 18.2 Å².